The summed E-state index contributed by atoms with van der Waals surface area (Å²) in [5, 5.41) is 23.4. The second kappa shape index (κ2) is 5.27. The first-order valence-corrected chi connectivity index (χ1v) is 5.61. The van der Waals surface area contributed by atoms with Crippen LogP contribution < -0.4 is 0 Å². The van der Waals surface area contributed by atoms with Gasteiger partial charge < -0.3 is 10.3 Å². The van der Waals surface area contributed by atoms with Gasteiger partial charge in [0.1, 0.15) is 5.71 Å². The average Bonchev–Trinajstić information content (AvgIpc) is 2.78. The van der Waals surface area contributed by atoms with Crippen LogP contribution in [0.15, 0.2) is 35.5 Å². The number of oxime groups is 1. The Morgan fingerprint density at radius 1 is 1.47 bits per heavy atom. The molecule has 1 aromatic carbocycles. The van der Waals surface area contributed by atoms with Crippen molar-refractivity contribution in [2.45, 2.75) is 25.7 Å². The van der Waals surface area contributed by atoms with Crippen LogP contribution in [0.4, 0.5) is 0 Å². The molecule has 1 saturated heterocycles. The Morgan fingerprint density at radius 3 is 2.71 bits per heavy atom. The highest BCUT2D eigenvalue weighted by atomic mass is 16.8. The average molecular weight is 236 g/mol. The van der Waals surface area contributed by atoms with Gasteiger partial charge in [0.2, 0.25) is 0 Å². The van der Waals surface area contributed by atoms with Crippen LogP contribution in [0.2, 0.25) is 0 Å². The van der Waals surface area contributed by atoms with Gasteiger partial charge in [-0.15, -0.1) is 0 Å². The van der Waals surface area contributed by atoms with E-state index in [1.165, 1.54) is 0 Å². The van der Waals surface area contributed by atoms with E-state index in [1.807, 2.05) is 37.3 Å². The lowest BCUT2D eigenvalue weighted by molar-refractivity contribution is -0.218. The van der Waals surface area contributed by atoms with Gasteiger partial charge in [-0.25, -0.2) is 0 Å². The van der Waals surface area contributed by atoms with Gasteiger partial charge in [-0.2, -0.15) is 5.06 Å². The smallest absolute Gasteiger partial charge is 0.176 e. The van der Waals surface area contributed by atoms with Crippen LogP contribution in [-0.4, -0.2) is 40.0 Å². The minimum absolute atomic E-state index is 0.209. The van der Waals surface area contributed by atoms with Crippen LogP contribution >= 0.6 is 0 Å². The Balaban J connectivity index is 2.14. The highest BCUT2D eigenvalue weighted by Gasteiger charge is 2.29. The van der Waals surface area contributed by atoms with E-state index in [-0.39, 0.29) is 6.04 Å². The SMILES string of the molecule is C[C@H](/C(=N\O)c1ccccc1)N1CC[C@H](O)O1. The molecule has 1 aromatic rings. The Morgan fingerprint density at radius 2 is 2.18 bits per heavy atom. The zero-order valence-corrected chi connectivity index (χ0v) is 9.65. The third-order valence-electron chi connectivity index (χ3n) is 2.86. The van der Waals surface area contributed by atoms with E-state index in [4.69, 9.17) is 10.0 Å². The van der Waals surface area contributed by atoms with Crippen LogP contribution in [0.3, 0.4) is 0 Å². The van der Waals surface area contributed by atoms with Gasteiger partial charge in [-0.05, 0) is 6.92 Å². The summed E-state index contributed by atoms with van der Waals surface area (Å²) in [5.74, 6) is 0. The van der Waals surface area contributed by atoms with Gasteiger partial charge in [0, 0.05) is 18.5 Å². The quantitative estimate of drug-likeness (QED) is 0.470. The molecule has 0 radical (unpaired) electrons. The molecule has 0 unspecified atom stereocenters. The first kappa shape index (κ1) is 12.0. The van der Waals surface area contributed by atoms with Crippen molar-refractivity contribution >= 4 is 5.71 Å². The van der Waals surface area contributed by atoms with Gasteiger partial charge >= 0.3 is 0 Å². The molecular formula is C12H16N2O3. The molecule has 0 bridgehead atoms. The molecule has 17 heavy (non-hydrogen) atoms. The van der Waals surface area contributed by atoms with E-state index in [0.29, 0.717) is 18.7 Å². The summed E-state index contributed by atoms with van der Waals surface area (Å²) in [6.45, 7) is 2.49. The number of hydrogen-bond donors (Lipinski definition) is 2. The summed E-state index contributed by atoms with van der Waals surface area (Å²) in [4.78, 5) is 5.22. The van der Waals surface area contributed by atoms with Gasteiger partial charge in [-0.1, -0.05) is 35.5 Å². The van der Waals surface area contributed by atoms with Crippen LogP contribution in [0.5, 0.6) is 0 Å². The second-order valence-corrected chi connectivity index (χ2v) is 4.02. The number of hydroxylamine groups is 2. The standard InChI is InChI=1S/C12H16N2O3/c1-9(14-8-7-11(15)17-14)12(13-16)10-5-3-2-4-6-10/h2-6,9,11,15-16H,7-8H2,1H3/b13-12+/t9-,11-/m1/s1. The van der Waals surface area contributed by atoms with E-state index in [9.17, 15) is 5.11 Å². The van der Waals surface area contributed by atoms with E-state index in [1.54, 1.807) is 5.06 Å². The molecule has 1 fully saturated rings. The van der Waals surface area contributed by atoms with Crippen LogP contribution in [0.25, 0.3) is 0 Å². The first-order valence-electron chi connectivity index (χ1n) is 5.61. The van der Waals surface area contributed by atoms with E-state index in [0.717, 1.165) is 5.56 Å². The number of aliphatic hydroxyl groups is 1. The third-order valence-corrected chi connectivity index (χ3v) is 2.86. The molecule has 0 saturated carbocycles. The lowest BCUT2D eigenvalue weighted by atomic mass is 10.0. The predicted molar refractivity (Wildman–Crippen MR) is 62.6 cm³/mol. The van der Waals surface area contributed by atoms with Crippen molar-refractivity contribution in [3.63, 3.8) is 0 Å². The third kappa shape index (κ3) is 2.63. The molecule has 0 aromatic heterocycles. The summed E-state index contributed by atoms with van der Waals surface area (Å²) in [6, 6.07) is 9.20. The summed E-state index contributed by atoms with van der Waals surface area (Å²) < 4.78 is 0. The zero-order chi connectivity index (χ0) is 12.3. The monoisotopic (exact) mass is 236 g/mol. The van der Waals surface area contributed by atoms with Crippen molar-refractivity contribution in [1.82, 2.24) is 5.06 Å². The molecule has 0 amide bonds. The fourth-order valence-electron chi connectivity index (χ4n) is 1.91. The molecule has 1 aliphatic heterocycles. The van der Waals surface area contributed by atoms with Crippen molar-refractivity contribution < 1.29 is 15.2 Å². The normalized spacial score (nSPS) is 23.9. The van der Waals surface area contributed by atoms with Crippen molar-refractivity contribution in [3.05, 3.63) is 35.9 Å². The van der Waals surface area contributed by atoms with Gasteiger partial charge in [0.05, 0.1) is 6.04 Å². The fourth-order valence-corrected chi connectivity index (χ4v) is 1.91. The Labute approximate surface area is 99.9 Å². The van der Waals surface area contributed by atoms with Crippen LogP contribution in [0.1, 0.15) is 18.9 Å². The molecule has 1 aliphatic rings. The Hall–Kier alpha value is -1.43. The van der Waals surface area contributed by atoms with E-state index in [2.05, 4.69) is 5.16 Å². The molecule has 92 valence electrons. The molecule has 0 spiro atoms. The molecule has 2 N–H and O–H groups in total. The summed E-state index contributed by atoms with van der Waals surface area (Å²) >= 11 is 0. The lowest BCUT2D eigenvalue weighted by Crippen LogP contribution is -2.37. The number of hydrogen-bond acceptors (Lipinski definition) is 5. The summed E-state index contributed by atoms with van der Waals surface area (Å²) in [7, 11) is 0. The maximum absolute atomic E-state index is 9.31. The molecule has 5 heteroatoms. The number of benzene rings is 1. The summed E-state index contributed by atoms with van der Waals surface area (Å²) in [6.07, 6.45) is -0.189. The van der Waals surface area contributed by atoms with Crippen LogP contribution in [0, 0.1) is 0 Å². The molecule has 1 heterocycles. The van der Waals surface area contributed by atoms with Gasteiger partial charge in [0.15, 0.2) is 6.29 Å². The second-order valence-electron chi connectivity index (χ2n) is 4.02. The van der Waals surface area contributed by atoms with Crippen molar-refractivity contribution in [2.24, 2.45) is 5.16 Å². The van der Waals surface area contributed by atoms with E-state index < -0.39 is 6.29 Å². The van der Waals surface area contributed by atoms with Crippen molar-refractivity contribution in [1.29, 1.82) is 0 Å². The lowest BCUT2D eigenvalue weighted by Gasteiger charge is -2.23. The number of aliphatic hydroxyl groups excluding tert-OH is 1. The first-order chi connectivity index (χ1) is 8.22. The maximum atomic E-state index is 9.31. The van der Waals surface area contributed by atoms with Gasteiger partial charge in [-0.3, -0.25) is 4.84 Å². The van der Waals surface area contributed by atoms with Crippen molar-refractivity contribution in [3.8, 4) is 0 Å². The minimum Gasteiger partial charge on any atom is -0.411 e. The Kier molecular flexibility index (Phi) is 3.73. The highest BCUT2D eigenvalue weighted by Crippen LogP contribution is 2.17. The largest absolute Gasteiger partial charge is 0.411 e. The topological polar surface area (TPSA) is 65.3 Å². The molecule has 5 nitrogen and oxygen atoms in total. The number of nitrogens with zero attached hydrogens (tertiary/aromatic N) is 2. The van der Waals surface area contributed by atoms with Crippen LogP contribution in [-0.2, 0) is 4.84 Å². The van der Waals surface area contributed by atoms with Gasteiger partial charge in [0.25, 0.3) is 0 Å². The number of rotatable bonds is 3. The fraction of sp³-hybridized carbons (Fsp3) is 0.417. The minimum atomic E-state index is -0.756. The van der Waals surface area contributed by atoms with E-state index >= 15 is 0 Å². The van der Waals surface area contributed by atoms with Crippen molar-refractivity contribution in [2.75, 3.05) is 6.54 Å². The predicted octanol–water partition coefficient (Wildman–Crippen LogP) is 1.21. The molecule has 2 atom stereocenters. The molecule has 0 aliphatic carbocycles. The zero-order valence-electron chi connectivity index (χ0n) is 9.65. The summed E-state index contributed by atoms with van der Waals surface area (Å²) in [5.41, 5.74) is 1.37. The highest BCUT2D eigenvalue weighted by molar-refractivity contribution is 6.03. The maximum Gasteiger partial charge on any atom is 0.176 e. The Bertz CT molecular complexity index is 394. The molecular weight excluding hydrogens is 220 g/mol. The molecule has 2 rings (SSSR count).